The number of benzene rings is 2. The van der Waals surface area contributed by atoms with Gasteiger partial charge in [-0.15, -0.1) is 10.2 Å². The number of nitrogens with one attached hydrogen (secondary N) is 1. The van der Waals surface area contributed by atoms with E-state index < -0.39 is 0 Å². The fourth-order valence-electron chi connectivity index (χ4n) is 4.02. The summed E-state index contributed by atoms with van der Waals surface area (Å²) in [5.41, 5.74) is 3.38. The van der Waals surface area contributed by atoms with Crippen LogP contribution in [0.5, 0.6) is 0 Å². The van der Waals surface area contributed by atoms with Crippen molar-refractivity contribution in [1.82, 2.24) is 29.4 Å². The van der Waals surface area contributed by atoms with Gasteiger partial charge >= 0.3 is 6.03 Å². The van der Waals surface area contributed by atoms with Crippen LogP contribution in [-0.2, 0) is 4.79 Å². The first-order valence-electron chi connectivity index (χ1n) is 10.6. The topological polar surface area (TPSA) is 102 Å². The van der Waals surface area contributed by atoms with Gasteiger partial charge in [0, 0.05) is 12.3 Å². The molecule has 3 heterocycles. The molecule has 2 aromatic carbocycles. The summed E-state index contributed by atoms with van der Waals surface area (Å²) in [5, 5.41) is 12.5. The maximum atomic E-state index is 13.5. The molecule has 0 spiro atoms. The molecule has 4 aromatic rings. The van der Waals surface area contributed by atoms with Crippen LogP contribution in [0.1, 0.15) is 17.5 Å². The van der Waals surface area contributed by atoms with Crippen molar-refractivity contribution in [2.45, 2.75) is 25.4 Å². The van der Waals surface area contributed by atoms with E-state index in [-0.39, 0.29) is 24.0 Å². The van der Waals surface area contributed by atoms with Crippen LogP contribution in [0, 0.1) is 13.8 Å². The molecule has 1 aliphatic heterocycles. The van der Waals surface area contributed by atoms with Crippen molar-refractivity contribution in [2.24, 2.45) is 0 Å². The molecule has 0 bridgehead atoms. The molecule has 9 nitrogen and oxygen atoms in total. The summed E-state index contributed by atoms with van der Waals surface area (Å²) < 4.78 is 3.52. The predicted molar refractivity (Wildman–Crippen MR) is 126 cm³/mol. The number of carbonyl (C=O) groups is 2. The number of nitrogens with zero attached hydrogens (tertiary/aromatic N) is 5. The lowest BCUT2D eigenvalue weighted by Crippen LogP contribution is -2.32. The third kappa shape index (κ3) is 3.66. The summed E-state index contributed by atoms with van der Waals surface area (Å²) in [7, 11) is 0. The van der Waals surface area contributed by atoms with E-state index in [9.17, 15) is 14.4 Å². The van der Waals surface area contributed by atoms with E-state index in [1.54, 1.807) is 4.57 Å². The highest BCUT2D eigenvalue weighted by Crippen LogP contribution is 2.25. The van der Waals surface area contributed by atoms with Gasteiger partial charge in [-0.2, -0.15) is 0 Å². The van der Waals surface area contributed by atoms with Gasteiger partial charge < -0.3 is 5.32 Å². The van der Waals surface area contributed by atoms with E-state index >= 15 is 0 Å². The largest absolute Gasteiger partial charge is 0.329 e. The molecule has 1 N–H and O–H groups in total. The Bertz CT molecular complexity index is 1460. The normalized spacial score (nSPS) is 13.9. The summed E-state index contributed by atoms with van der Waals surface area (Å²) in [4.78, 5) is 38.2. The van der Waals surface area contributed by atoms with Crippen LogP contribution in [-0.4, -0.2) is 54.8 Å². The lowest BCUT2D eigenvalue weighted by atomic mass is 10.1. The standard InChI is InChI=1S/C23H22N6O3S/c1-14-8-9-15(2)18(12-14)28-20(31)16-6-3-4-7-17(16)29-21(28)25-26-23(29)33-11-5-10-27-19(30)13-24-22(27)32/h3-4,6-9,12H,5,10-11,13H2,1-2H3,(H,24,32). The fourth-order valence-corrected chi connectivity index (χ4v) is 4.88. The number of hydrogen-bond acceptors (Lipinski definition) is 6. The summed E-state index contributed by atoms with van der Waals surface area (Å²) in [5.74, 6) is 0.875. The summed E-state index contributed by atoms with van der Waals surface area (Å²) in [6, 6.07) is 13.1. The van der Waals surface area contributed by atoms with Crippen molar-refractivity contribution in [3.8, 4) is 5.69 Å². The smallest absolute Gasteiger partial charge is 0.324 e. The molecular formula is C23H22N6O3S. The van der Waals surface area contributed by atoms with Gasteiger partial charge in [-0.25, -0.2) is 9.36 Å². The van der Waals surface area contributed by atoms with E-state index in [1.807, 2.05) is 60.7 Å². The molecule has 1 aliphatic rings. The Morgan fingerprint density at radius 1 is 1.06 bits per heavy atom. The van der Waals surface area contributed by atoms with Crippen LogP contribution in [0.15, 0.2) is 52.4 Å². The van der Waals surface area contributed by atoms with E-state index in [4.69, 9.17) is 0 Å². The third-order valence-electron chi connectivity index (χ3n) is 5.69. The van der Waals surface area contributed by atoms with E-state index in [1.165, 1.54) is 16.7 Å². The number of fused-ring (bicyclic) bond motifs is 3. The zero-order chi connectivity index (χ0) is 23.1. The quantitative estimate of drug-likeness (QED) is 0.269. The first kappa shape index (κ1) is 21.2. The Morgan fingerprint density at radius 2 is 1.88 bits per heavy atom. The van der Waals surface area contributed by atoms with Gasteiger partial charge in [-0.3, -0.25) is 18.9 Å². The minimum Gasteiger partial charge on any atom is -0.329 e. The second kappa shape index (κ2) is 8.36. The van der Waals surface area contributed by atoms with Crippen LogP contribution >= 0.6 is 11.8 Å². The minimum absolute atomic E-state index is 0.0582. The Morgan fingerprint density at radius 3 is 2.67 bits per heavy atom. The average Bonchev–Trinajstić information content (AvgIpc) is 3.37. The van der Waals surface area contributed by atoms with Crippen molar-refractivity contribution in [3.63, 3.8) is 0 Å². The predicted octanol–water partition coefficient (Wildman–Crippen LogP) is 2.68. The maximum Gasteiger partial charge on any atom is 0.324 e. The monoisotopic (exact) mass is 462 g/mol. The van der Waals surface area contributed by atoms with Gasteiger partial charge in [0.25, 0.3) is 5.56 Å². The molecule has 1 fully saturated rings. The van der Waals surface area contributed by atoms with Crippen LogP contribution in [0.25, 0.3) is 22.4 Å². The highest BCUT2D eigenvalue weighted by Gasteiger charge is 2.27. The van der Waals surface area contributed by atoms with Crippen LogP contribution < -0.4 is 10.9 Å². The first-order valence-corrected chi connectivity index (χ1v) is 11.6. The molecular weight excluding hydrogens is 440 g/mol. The number of para-hydroxylation sites is 1. The number of carbonyl (C=O) groups excluding carboxylic acids is 2. The zero-order valence-corrected chi connectivity index (χ0v) is 19.1. The average molecular weight is 463 g/mol. The number of urea groups is 1. The molecule has 0 unspecified atom stereocenters. The highest BCUT2D eigenvalue weighted by molar-refractivity contribution is 7.99. The van der Waals surface area contributed by atoms with Gasteiger partial charge in [-0.05, 0) is 49.6 Å². The Kier molecular flexibility index (Phi) is 5.37. The number of thioether (sulfide) groups is 1. The lowest BCUT2D eigenvalue weighted by Gasteiger charge is -2.14. The summed E-state index contributed by atoms with van der Waals surface area (Å²) in [6.07, 6.45) is 0.618. The SMILES string of the molecule is Cc1ccc(C)c(-n2c(=O)c3ccccc3n3c(SCCCN4C(=O)CNC4=O)nnc23)c1. The number of aromatic nitrogens is 4. The molecule has 0 aliphatic carbocycles. The fraction of sp³-hybridized carbons (Fsp3) is 0.261. The summed E-state index contributed by atoms with van der Waals surface area (Å²) in [6.45, 7) is 4.36. The number of imide groups is 1. The van der Waals surface area contributed by atoms with Crippen LogP contribution in [0.2, 0.25) is 0 Å². The molecule has 1 saturated heterocycles. The van der Waals surface area contributed by atoms with Crippen molar-refractivity contribution in [2.75, 3.05) is 18.8 Å². The number of aryl methyl sites for hydroxylation is 2. The minimum atomic E-state index is -0.346. The molecule has 2 aromatic heterocycles. The highest BCUT2D eigenvalue weighted by atomic mass is 32.2. The Hall–Kier alpha value is -3.66. The number of hydrogen-bond donors (Lipinski definition) is 1. The van der Waals surface area contributed by atoms with Gasteiger partial charge in [0.05, 0.1) is 23.1 Å². The van der Waals surface area contributed by atoms with Crippen molar-refractivity contribution < 1.29 is 9.59 Å². The van der Waals surface area contributed by atoms with E-state index in [0.29, 0.717) is 35.0 Å². The van der Waals surface area contributed by atoms with Gasteiger partial charge in [0.1, 0.15) is 0 Å². The van der Waals surface area contributed by atoms with Crippen molar-refractivity contribution in [1.29, 1.82) is 0 Å². The van der Waals surface area contributed by atoms with Crippen molar-refractivity contribution >= 4 is 40.4 Å². The molecule has 0 atom stereocenters. The zero-order valence-electron chi connectivity index (χ0n) is 18.2. The van der Waals surface area contributed by atoms with Gasteiger partial charge in [0.2, 0.25) is 11.7 Å². The molecule has 5 rings (SSSR count). The number of amides is 3. The molecule has 0 saturated carbocycles. The van der Waals surface area contributed by atoms with Gasteiger partial charge in [0.15, 0.2) is 5.16 Å². The second-order valence-corrected chi connectivity index (χ2v) is 9.03. The third-order valence-corrected chi connectivity index (χ3v) is 6.71. The molecule has 33 heavy (non-hydrogen) atoms. The molecule has 10 heteroatoms. The van der Waals surface area contributed by atoms with E-state index in [2.05, 4.69) is 15.5 Å². The molecule has 168 valence electrons. The van der Waals surface area contributed by atoms with Crippen LogP contribution in [0.3, 0.4) is 0 Å². The summed E-state index contributed by atoms with van der Waals surface area (Å²) >= 11 is 1.48. The second-order valence-electron chi connectivity index (χ2n) is 7.97. The Balaban J connectivity index is 1.54. The maximum absolute atomic E-state index is 13.5. The van der Waals surface area contributed by atoms with Crippen molar-refractivity contribution in [3.05, 3.63) is 63.9 Å². The number of rotatable bonds is 6. The lowest BCUT2D eigenvalue weighted by molar-refractivity contribution is -0.124. The first-order chi connectivity index (χ1) is 16.0. The van der Waals surface area contributed by atoms with Crippen LogP contribution in [0.4, 0.5) is 4.79 Å². The van der Waals surface area contributed by atoms with Gasteiger partial charge in [-0.1, -0.05) is 36.0 Å². The Labute approximate surface area is 193 Å². The van der Waals surface area contributed by atoms with E-state index in [0.717, 1.165) is 22.3 Å². The molecule has 3 amide bonds. The molecule has 0 radical (unpaired) electrons.